The number of ketones is 1. The molecule has 0 spiro atoms. The molecule has 0 heterocycles. The third-order valence-corrected chi connectivity index (χ3v) is 2.95. The number of rotatable bonds is 6. The first-order chi connectivity index (χ1) is 8.90. The molecule has 1 amide bonds. The lowest BCUT2D eigenvalue weighted by Crippen LogP contribution is -2.58. The lowest BCUT2D eigenvalue weighted by molar-refractivity contribution is -0.151. The van der Waals surface area contributed by atoms with Crippen LogP contribution in [0.15, 0.2) is 30.3 Å². The molecule has 0 aliphatic heterocycles. The number of carboxylic acids is 1. The number of alkyl halides is 1. The number of nitrogens with one attached hydrogen (secondary N) is 1. The number of aliphatic carboxylic acids is 1. The molecule has 0 aromatic heterocycles. The molecule has 1 atom stereocenters. The monoisotopic (exact) mass is 283 g/mol. The van der Waals surface area contributed by atoms with Gasteiger partial charge < -0.3 is 10.4 Å². The van der Waals surface area contributed by atoms with Gasteiger partial charge in [-0.25, -0.2) is 4.79 Å². The number of carbonyl (C=O) groups is 3. The summed E-state index contributed by atoms with van der Waals surface area (Å²) in [5, 5.41) is 11.3. The second kappa shape index (κ2) is 6.33. The van der Waals surface area contributed by atoms with E-state index in [2.05, 4.69) is 5.32 Å². The maximum absolute atomic E-state index is 11.8. The van der Waals surface area contributed by atoms with Crippen LogP contribution in [0.3, 0.4) is 0 Å². The van der Waals surface area contributed by atoms with E-state index in [1.165, 1.54) is 0 Å². The average Bonchev–Trinajstić information content (AvgIpc) is 2.38. The lowest BCUT2D eigenvalue weighted by Gasteiger charge is -2.23. The number of carboxylic acid groups (broad SMARTS) is 1. The summed E-state index contributed by atoms with van der Waals surface area (Å²) < 4.78 is 0. The Labute approximate surface area is 115 Å². The third kappa shape index (κ3) is 3.79. The van der Waals surface area contributed by atoms with Gasteiger partial charge in [-0.15, -0.1) is 11.6 Å². The van der Waals surface area contributed by atoms with Crippen molar-refractivity contribution in [3.05, 3.63) is 35.9 Å². The molecular weight excluding hydrogens is 270 g/mol. The predicted molar refractivity (Wildman–Crippen MR) is 70.1 cm³/mol. The molecule has 102 valence electrons. The molecule has 2 N–H and O–H groups in total. The minimum absolute atomic E-state index is 0.000719. The highest BCUT2D eigenvalue weighted by atomic mass is 35.5. The van der Waals surface area contributed by atoms with E-state index in [1.807, 2.05) is 0 Å². The Balaban J connectivity index is 2.78. The Kier molecular flexibility index (Phi) is 5.06. The van der Waals surface area contributed by atoms with Gasteiger partial charge in [0, 0.05) is 0 Å². The van der Waals surface area contributed by atoms with Gasteiger partial charge in [-0.2, -0.15) is 0 Å². The highest BCUT2D eigenvalue weighted by molar-refractivity contribution is 6.31. The van der Waals surface area contributed by atoms with E-state index in [4.69, 9.17) is 16.7 Å². The summed E-state index contributed by atoms with van der Waals surface area (Å²) >= 11 is 5.36. The Morgan fingerprint density at radius 2 is 1.84 bits per heavy atom. The van der Waals surface area contributed by atoms with Gasteiger partial charge >= 0.3 is 5.97 Å². The zero-order valence-electron chi connectivity index (χ0n) is 10.4. The van der Waals surface area contributed by atoms with Crippen molar-refractivity contribution in [2.75, 3.05) is 5.88 Å². The summed E-state index contributed by atoms with van der Waals surface area (Å²) in [6.45, 7) is 1.13. The normalized spacial score (nSPS) is 13.4. The number of hydrogen-bond acceptors (Lipinski definition) is 3. The Hall–Kier alpha value is -1.88. The molecule has 5 nitrogen and oxygen atoms in total. The second-order valence-electron chi connectivity index (χ2n) is 4.20. The van der Waals surface area contributed by atoms with E-state index < -0.39 is 29.1 Å². The number of amides is 1. The molecule has 0 bridgehead atoms. The van der Waals surface area contributed by atoms with E-state index >= 15 is 0 Å². The number of halogens is 1. The van der Waals surface area contributed by atoms with Gasteiger partial charge in [0.05, 0.1) is 12.3 Å². The molecule has 0 radical (unpaired) electrons. The third-order valence-electron chi connectivity index (χ3n) is 2.70. The van der Waals surface area contributed by atoms with Crippen LogP contribution in [0.25, 0.3) is 0 Å². The fraction of sp³-hybridized carbons (Fsp3) is 0.308. The highest BCUT2D eigenvalue weighted by Gasteiger charge is 2.41. The van der Waals surface area contributed by atoms with E-state index in [0.29, 0.717) is 0 Å². The molecule has 1 rings (SSSR count). The van der Waals surface area contributed by atoms with Crippen LogP contribution in [-0.4, -0.2) is 34.2 Å². The van der Waals surface area contributed by atoms with E-state index in [-0.39, 0.29) is 6.42 Å². The topological polar surface area (TPSA) is 83.5 Å². The largest absolute Gasteiger partial charge is 0.479 e. The molecule has 1 aromatic rings. The minimum atomic E-state index is -1.99. The highest BCUT2D eigenvalue weighted by Crippen LogP contribution is 2.09. The van der Waals surface area contributed by atoms with E-state index in [9.17, 15) is 14.4 Å². The number of hydrogen-bond donors (Lipinski definition) is 2. The molecular formula is C13H14ClNO4. The number of benzene rings is 1. The second-order valence-corrected chi connectivity index (χ2v) is 4.46. The SMILES string of the molecule is CC(NC(=O)Cc1ccccc1)(C(=O)O)C(=O)CCl. The van der Waals surface area contributed by atoms with E-state index in [0.717, 1.165) is 12.5 Å². The van der Waals surface area contributed by atoms with Crippen LogP contribution in [0.5, 0.6) is 0 Å². The van der Waals surface area contributed by atoms with Crippen LogP contribution >= 0.6 is 11.6 Å². The van der Waals surface area contributed by atoms with Crippen LogP contribution in [0, 0.1) is 0 Å². The molecule has 1 unspecified atom stereocenters. The van der Waals surface area contributed by atoms with Gasteiger partial charge in [0.25, 0.3) is 0 Å². The zero-order chi connectivity index (χ0) is 14.5. The van der Waals surface area contributed by atoms with Gasteiger partial charge in [0.15, 0.2) is 11.3 Å². The standard InChI is InChI=1S/C13H14ClNO4/c1-13(12(18)19,10(16)8-14)15-11(17)7-9-5-3-2-4-6-9/h2-6H,7-8H2,1H3,(H,15,17)(H,18,19). The number of Topliss-reactive ketones (excluding diaryl/α,β-unsaturated/α-hetero) is 1. The molecule has 6 heteroatoms. The van der Waals surface area contributed by atoms with Crippen LogP contribution in [0.4, 0.5) is 0 Å². The quantitative estimate of drug-likeness (QED) is 0.602. The predicted octanol–water partition coefficient (Wildman–Crippen LogP) is 0.996. The summed E-state index contributed by atoms with van der Waals surface area (Å²) in [4.78, 5) is 34.4. The summed E-state index contributed by atoms with van der Waals surface area (Å²) in [5.41, 5.74) is -1.26. The Morgan fingerprint density at radius 3 is 2.32 bits per heavy atom. The fourth-order valence-corrected chi connectivity index (χ4v) is 1.75. The molecule has 1 aromatic carbocycles. The maximum Gasteiger partial charge on any atom is 0.337 e. The van der Waals surface area contributed by atoms with Crippen molar-refractivity contribution in [1.82, 2.24) is 5.32 Å². The van der Waals surface area contributed by atoms with E-state index in [1.54, 1.807) is 30.3 Å². The van der Waals surface area contributed by atoms with Crippen LogP contribution in [0.2, 0.25) is 0 Å². The van der Waals surface area contributed by atoms with Crippen molar-refractivity contribution < 1.29 is 19.5 Å². The Morgan fingerprint density at radius 1 is 1.26 bits per heavy atom. The van der Waals surface area contributed by atoms with Crippen molar-refractivity contribution >= 4 is 29.3 Å². The summed E-state index contributed by atoms with van der Waals surface area (Å²) in [6.07, 6.45) is -0.000719. The first-order valence-electron chi connectivity index (χ1n) is 5.57. The van der Waals surface area contributed by atoms with Crippen LogP contribution in [-0.2, 0) is 20.8 Å². The van der Waals surface area contributed by atoms with Crippen molar-refractivity contribution in [3.8, 4) is 0 Å². The minimum Gasteiger partial charge on any atom is -0.479 e. The van der Waals surface area contributed by atoms with Crippen molar-refractivity contribution in [3.63, 3.8) is 0 Å². The summed E-state index contributed by atoms with van der Waals surface area (Å²) in [6, 6.07) is 8.81. The molecule has 0 fully saturated rings. The van der Waals surface area contributed by atoms with Gasteiger partial charge in [0.1, 0.15) is 0 Å². The van der Waals surface area contributed by atoms with Gasteiger partial charge in [-0.3, -0.25) is 9.59 Å². The first-order valence-corrected chi connectivity index (χ1v) is 6.11. The molecule has 0 aliphatic carbocycles. The smallest absolute Gasteiger partial charge is 0.337 e. The summed E-state index contributed by atoms with van der Waals surface area (Å²) in [7, 11) is 0. The Bertz CT molecular complexity index is 489. The summed E-state index contributed by atoms with van der Waals surface area (Å²) in [5.74, 6) is -3.22. The van der Waals surface area contributed by atoms with Gasteiger partial charge in [0.2, 0.25) is 5.91 Å². The molecule has 0 saturated heterocycles. The van der Waals surface area contributed by atoms with Crippen LogP contribution < -0.4 is 5.32 Å². The fourth-order valence-electron chi connectivity index (χ4n) is 1.48. The lowest BCUT2D eigenvalue weighted by atomic mass is 9.97. The van der Waals surface area contributed by atoms with Crippen molar-refractivity contribution in [2.24, 2.45) is 0 Å². The maximum atomic E-state index is 11.8. The van der Waals surface area contributed by atoms with Gasteiger partial charge in [-0.05, 0) is 12.5 Å². The molecule has 0 saturated carbocycles. The first kappa shape index (κ1) is 15.2. The number of carbonyl (C=O) groups excluding carboxylic acids is 2. The van der Waals surface area contributed by atoms with Crippen LogP contribution in [0.1, 0.15) is 12.5 Å². The molecule has 19 heavy (non-hydrogen) atoms. The van der Waals surface area contributed by atoms with Crippen molar-refractivity contribution in [2.45, 2.75) is 18.9 Å². The van der Waals surface area contributed by atoms with Crippen molar-refractivity contribution in [1.29, 1.82) is 0 Å². The molecule has 0 aliphatic rings. The van der Waals surface area contributed by atoms with Gasteiger partial charge in [-0.1, -0.05) is 30.3 Å². The zero-order valence-corrected chi connectivity index (χ0v) is 11.1. The average molecular weight is 284 g/mol.